The van der Waals surface area contributed by atoms with E-state index in [0.717, 1.165) is 0 Å². The van der Waals surface area contributed by atoms with Gasteiger partial charge in [-0.1, -0.05) is 0 Å². The van der Waals surface area contributed by atoms with Gasteiger partial charge in [0.05, 0.1) is 0 Å². The molecule has 0 aromatic carbocycles. The van der Waals surface area contributed by atoms with Gasteiger partial charge in [-0.15, -0.1) is 0 Å². The third-order valence-corrected chi connectivity index (χ3v) is 11.5. The molecule has 1 aliphatic heterocycles. The fourth-order valence-electron chi connectivity index (χ4n) is 2.37. The first-order chi connectivity index (χ1) is 9.22. The van der Waals surface area contributed by atoms with Crippen LogP contribution in [0, 0.1) is 5.92 Å². The van der Waals surface area contributed by atoms with Crippen LogP contribution in [0.15, 0.2) is 0 Å². The maximum atomic E-state index is 12.7. The first kappa shape index (κ1) is 18.1. The topological polar surface area (TPSA) is 42.0 Å². The van der Waals surface area contributed by atoms with Gasteiger partial charge in [-0.05, 0) is 0 Å². The normalized spacial score (nSPS) is 22.2. The van der Waals surface area contributed by atoms with Crippen molar-refractivity contribution in [3.63, 3.8) is 0 Å². The molecule has 1 heterocycles. The number of likely N-dealkylation sites (N-methyl/N-ethyl adjacent to an activating group) is 2. The number of hydrogen-bond acceptors (Lipinski definition) is 4. The van der Waals surface area contributed by atoms with Crippen LogP contribution in [0.3, 0.4) is 0 Å². The molecule has 6 heteroatoms. The molecule has 20 heavy (non-hydrogen) atoms. The Hall–Kier alpha value is 0.0800. The third kappa shape index (κ3) is 4.29. The number of hydrogen-bond donors (Lipinski definition) is 0. The first-order valence-corrected chi connectivity index (χ1v) is 13.2. The summed E-state index contributed by atoms with van der Waals surface area (Å²) in [5.41, 5.74) is 0. The molecule has 2 atom stereocenters. The Labute approximate surface area is 128 Å². The molecule has 0 saturated carbocycles. The van der Waals surface area contributed by atoms with Crippen LogP contribution in [0.1, 0.15) is 27.2 Å². The van der Waals surface area contributed by atoms with Crippen molar-refractivity contribution in [2.45, 2.75) is 39.5 Å². The number of rotatable bonds is 7. The fraction of sp³-hybridized carbons (Fsp3) is 0.929. The van der Waals surface area contributed by atoms with Crippen LogP contribution in [-0.4, -0.2) is 63.1 Å². The number of halogens is 1. The van der Waals surface area contributed by atoms with Gasteiger partial charge in [0.25, 0.3) is 0 Å². The van der Waals surface area contributed by atoms with E-state index in [0.29, 0.717) is 0 Å². The molecule has 1 fully saturated rings. The molecule has 1 saturated heterocycles. The Morgan fingerprint density at radius 1 is 1.20 bits per heavy atom. The van der Waals surface area contributed by atoms with Crippen LogP contribution in [0.4, 0.5) is 0 Å². The second-order valence-electron chi connectivity index (χ2n) is 5.92. The number of hydroxylamine groups is 2. The van der Waals surface area contributed by atoms with Crippen LogP contribution in [0.25, 0.3) is 0 Å². The van der Waals surface area contributed by atoms with E-state index < -0.39 is 18.8 Å². The molecule has 1 unspecified atom stereocenters. The zero-order valence-corrected chi connectivity index (χ0v) is 16.0. The number of nitrogens with zero attached hydrogens (tertiary/aromatic N) is 2. The number of methoxy groups -OCH3 is 1. The number of carbonyl (C=O) groups is 1. The van der Waals surface area contributed by atoms with E-state index in [1.54, 1.807) is 14.2 Å². The average molecular weight is 401 g/mol. The predicted molar refractivity (Wildman–Crippen MR) is 77.0 cm³/mol. The van der Waals surface area contributed by atoms with Gasteiger partial charge < -0.3 is 0 Å². The molecule has 0 aromatic heterocycles. The third-order valence-electron chi connectivity index (χ3n) is 3.89. The molecule has 1 aliphatic rings. The van der Waals surface area contributed by atoms with Crippen molar-refractivity contribution in [3.8, 4) is 0 Å². The average Bonchev–Trinajstić information content (AvgIpc) is 2.35. The summed E-state index contributed by atoms with van der Waals surface area (Å²) < 4.78 is 13.7. The van der Waals surface area contributed by atoms with Crippen molar-refractivity contribution >= 4 is 5.91 Å². The van der Waals surface area contributed by atoms with Gasteiger partial charge in [-0.25, -0.2) is 0 Å². The molecule has 0 N–H and O–H groups in total. The summed E-state index contributed by atoms with van der Waals surface area (Å²) in [6.07, 6.45) is 1.16. The SMILES string of the molecule is COC(C)N(C)[C@H](C(=O)N(C)O[I-]1(C)CCC1)C(C)C. The molecule has 0 bridgehead atoms. The van der Waals surface area contributed by atoms with Gasteiger partial charge in [-0.2, -0.15) is 0 Å². The summed E-state index contributed by atoms with van der Waals surface area (Å²) in [4.78, 5) is 16.9. The quantitative estimate of drug-likeness (QED) is 0.224. The zero-order chi connectivity index (χ0) is 15.5. The Morgan fingerprint density at radius 3 is 2.10 bits per heavy atom. The van der Waals surface area contributed by atoms with Crippen LogP contribution >= 0.6 is 0 Å². The molecule has 5 nitrogen and oxygen atoms in total. The number of carbonyl (C=O) groups excluding carboxylic acids is 1. The van der Waals surface area contributed by atoms with E-state index in [1.807, 2.05) is 18.9 Å². The van der Waals surface area contributed by atoms with Crippen LogP contribution in [0.5, 0.6) is 0 Å². The molecule has 1 rings (SSSR count). The standard InChI is InChI=1S/C14H30IN2O3/c1-11(2)13(16(5)12(3)19-7)14(18)17(6)20-15(4)9-8-10-15/h11-13H,8-10H2,1-7H3/q-1/t12?,13-/m0/s1. The van der Waals surface area contributed by atoms with Gasteiger partial charge in [-0.3, -0.25) is 0 Å². The minimum atomic E-state index is -2.05. The van der Waals surface area contributed by atoms with Crippen LogP contribution in [-0.2, 0) is 12.7 Å². The monoisotopic (exact) mass is 401 g/mol. The van der Waals surface area contributed by atoms with Gasteiger partial charge >= 0.3 is 128 Å². The molecular formula is C14H30IN2O3-. The summed E-state index contributed by atoms with van der Waals surface area (Å²) in [5.74, 6) is 0.236. The van der Waals surface area contributed by atoms with E-state index >= 15 is 0 Å². The van der Waals surface area contributed by atoms with Gasteiger partial charge in [0, 0.05) is 0 Å². The molecule has 0 radical (unpaired) electrons. The van der Waals surface area contributed by atoms with Crippen LogP contribution < -0.4 is 18.8 Å². The van der Waals surface area contributed by atoms with Crippen molar-refractivity contribution in [1.82, 2.24) is 9.96 Å². The summed E-state index contributed by atoms with van der Waals surface area (Å²) in [7, 11) is 5.35. The van der Waals surface area contributed by atoms with Crippen molar-refractivity contribution in [1.29, 1.82) is 0 Å². The predicted octanol–water partition coefficient (Wildman–Crippen LogP) is -1.57. The van der Waals surface area contributed by atoms with E-state index in [-0.39, 0.29) is 24.1 Å². The number of ether oxygens (including phenoxy) is 1. The van der Waals surface area contributed by atoms with Gasteiger partial charge in [0.15, 0.2) is 0 Å². The van der Waals surface area contributed by atoms with E-state index in [2.05, 4.69) is 18.8 Å². The van der Waals surface area contributed by atoms with E-state index in [9.17, 15) is 4.79 Å². The van der Waals surface area contributed by atoms with E-state index in [1.165, 1.54) is 20.3 Å². The van der Waals surface area contributed by atoms with Crippen molar-refractivity contribution in [3.05, 3.63) is 0 Å². The molecule has 0 aromatic rings. The second-order valence-corrected chi connectivity index (χ2v) is 14.7. The second kappa shape index (κ2) is 7.38. The summed E-state index contributed by atoms with van der Waals surface area (Å²) in [6.45, 7) is 6.07. The summed E-state index contributed by atoms with van der Waals surface area (Å²) in [6, 6.07) is -0.222. The summed E-state index contributed by atoms with van der Waals surface area (Å²) in [5, 5.41) is 1.50. The Balaban J connectivity index is 2.72. The maximum absolute atomic E-state index is 12.7. The van der Waals surface area contributed by atoms with E-state index in [4.69, 9.17) is 7.90 Å². The Kier molecular flexibility index (Phi) is 6.69. The molecule has 1 amide bonds. The van der Waals surface area contributed by atoms with Gasteiger partial charge in [0.1, 0.15) is 0 Å². The molecule has 0 spiro atoms. The zero-order valence-electron chi connectivity index (χ0n) is 13.9. The minimum absolute atomic E-state index is 0.0307. The summed E-state index contributed by atoms with van der Waals surface area (Å²) >= 11 is -2.05. The molecule has 0 aliphatic carbocycles. The number of amides is 1. The Bertz CT molecular complexity index is 334. The fourth-order valence-corrected chi connectivity index (χ4v) is 7.30. The molecule has 122 valence electrons. The number of alkyl halides is 3. The van der Waals surface area contributed by atoms with Crippen molar-refractivity contribution in [2.75, 3.05) is 35.0 Å². The van der Waals surface area contributed by atoms with Gasteiger partial charge in [0.2, 0.25) is 0 Å². The molecular weight excluding hydrogens is 371 g/mol. The Morgan fingerprint density at radius 2 is 1.75 bits per heavy atom. The van der Waals surface area contributed by atoms with Crippen molar-refractivity contribution < 1.29 is 31.5 Å². The first-order valence-electron chi connectivity index (χ1n) is 7.09. The van der Waals surface area contributed by atoms with Crippen molar-refractivity contribution in [2.24, 2.45) is 5.92 Å². The van der Waals surface area contributed by atoms with Crippen LogP contribution in [0.2, 0.25) is 0 Å².